The molecular formula is C24H28N4O5S. The molecule has 0 atom stereocenters. The topological polar surface area (TPSA) is 135 Å². The van der Waals surface area contributed by atoms with Gasteiger partial charge in [0.15, 0.2) is 15.5 Å². The van der Waals surface area contributed by atoms with Crippen LogP contribution in [0.3, 0.4) is 0 Å². The minimum atomic E-state index is -3.60. The molecule has 0 aliphatic heterocycles. The van der Waals surface area contributed by atoms with E-state index in [9.17, 15) is 22.8 Å². The number of sulfone groups is 1. The Labute approximate surface area is 197 Å². The van der Waals surface area contributed by atoms with Crippen molar-refractivity contribution in [2.45, 2.75) is 43.9 Å². The fourth-order valence-corrected chi connectivity index (χ4v) is 5.02. The van der Waals surface area contributed by atoms with Crippen LogP contribution in [0.1, 0.15) is 42.6 Å². The van der Waals surface area contributed by atoms with Crippen LogP contribution < -0.4 is 21.9 Å². The van der Waals surface area contributed by atoms with Crippen LogP contribution in [-0.4, -0.2) is 30.4 Å². The number of H-pyrrole nitrogens is 1. The number of benzene rings is 2. The van der Waals surface area contributed by atoms with Crippen molar-refractivity contribution in [3.63, 3.8) is 0 Å². The Kier molecular flexibility index (Phi) is 7.72. The zero-order valence-electron chi connectivity index (χ0n) is 19.2. The lowest BCUT2D eigenvalue weighted by molar-refractivity contribution is 0.0988. The van der Waals surface area contributed by atoms with Crippen molar-refractivity contribution in [3.8, 4) is 0 Å². The van der Waals surface area contributed by atoms with Gasteiger partial charge >= 0.3 is 5.69 Å². The number of nitrogens with two attached hydrogens (primary N) is 1. The molecule has 1 aromatic heterocycles. The van der Waals surface area contributed by atoms with Crippen molar-refractivity contribution < 1.29 is 13.2 Å². The van der Waals surface area contributed by atoms with E-state index in [1.807, 2.05) is 6.92 Å². The highest BCUT2D eigenvalue weighted by Crippen LogP contribution is 2.21. The molecule has 1 heterocycles. The van der Waals surface area contributed by atoms with E-state index in [0.717, 1.165) is 6.42 Å². The first kappa shape index (κ1) is 25.0. The van der Waals surface area contributed by atoms with Gasteiger partial charge in [-0.25, -0.2) is 13.2 Å². The quantitative estimate of drug-likeness (QED) is 0.479. The number of aromatic nitrogens is 2. The van der Waals surface area contributed by atoms with E-state index in [1.165, 1.54) is 27.7 Å². The zero-order valence-corrected chi connectivity index (χ0v) is 20.0. The lowest BCUT2D eigenvalue weighted by atomic mass is 10.1. The molecule has 0 unspecified atom stereocenters. The maximum atomic E-state index is 13.4. The number of hydrogen-bond donors (Lipinski definition) is 2. The van der Waals surface area contributed by atoms with E-state index in [1.54, 1.807) is 43.3 Å². The molecule has 1 amide bonds. The molecule has 9 nitrogen and oxygen atoms in total. The Morgan fingerprint density at radius 1 is 1.06 bits per heavy atom. The summed E-state index contributed by atoms with van der Waals surface area (Å²) >= 11 is 0. The summed E-state index contributed by atoms with van der Waals surface area (Å²) in [6.45, 7) is 4.07. The molecule has 180 valence electrons. The lowest BCUT2D eigenvalue weighted by Crippen LogP contribution is -2.41. The van der Waals surface area contributed by atoms with Crippen LogP contribution in [0.15, 0.2) is 69.1 Å². The monoisotopic (exact) mass is 484 g/mol. The third kappa shape index (κ3) is 5.28. The van der Waals surface area contributed by atoms with Crippen LogP contribution in [0.4, 0.5) is 11.5 Å². The molecule has 3 aromatic rings. The third-order valence-electron chi connectivity index (χ3n) is 5.41. The highest BCUT2D eigenvalue weighted by atomic mass is 32.2. The molecule has 3 N–H and O–H groups in total. The van der Waals surface area contributed by atoms with Crippen molar-refractivity contribution in [1.29, 1.82) is 0 Å². The van der Waals surface area contributed by atoms with Gasteiger partial charge in [0.25, 0.3) is 11.5 Å². The van der Waals surface area contributed by atoms with E-state index in [0.29, 0.717) is 18.5 Å². The Morgan fingerprint density at radius 2 is 1.76 bits per heavy atom. The number of rotatable bonds is 9. The highest BCUT2D eigenvalue weighted by Gasteiger charge is 2.24. The predicted molar refractivity (Wildman–Crippen MR) is 132 cm³/mol. The molecule has 0 aliphatic carbocycles. The highest BCUT2D eigenvalue weighted by molar-refractivity contribution is 7.90. The van der Waals surface area contributed by atoms with Gasteiger partial charge in [0.05, 0.1) is 10.6 Å². The molecule has 3 rings (SSSR count). The number of anilines is 2. The minimum absolute atomic E-state index is 0.0831. The zero-order chi connectivity index (χ0) is 24.9. The number of nitrogens with one attached hydrogen (secondary N) is 1. The van der Waals surface area contributed by atoms with E-state index < -0.39 is 27.0 Å². The Balaban J connectivity index is 1.97. The van der Waals surface area contributed by atoms with Gasteiger partial charge in [-0.3, -0.25) is 19.1 Å². The number of nitrogens with zero attached hydrogens (tertiary/aromatic N) is 2. The predicted octanol–water partition coefficient (Wildman–Crippen LogP) is 2.56. The van der Waals surface area contributed by atoms with Crippen molar-refractivity contribution in [3.05, 3.63) is 86.6 Å². The van der Waals surface area contributed by atoms with Crippen LogP contribution in [-0.2, 0) is 22.1 Å². The van der Waals surface area contributed by atoms with Gasteiger partial charge in [0, 0.05) is 18.7 Å². The summed E-state index contributed by atoms with van der Waals surface area (Å²) < 4.78 is 26.7. The molecular weight excluding hydrogens is 456 g/mol. The summed E-state index contributed by atoms with van der Waals surface area (Å²) in [6, 6.07) is 14.3. The first-order valence-electron chi connectivity index (χ1n) is 11.0. The second-order valence-electron chi connectivity index (χ2n) is 7.82. The van der Waals surface area contributed by atoms with Gasteiger partial charge < -0.3 is 10.6 Å². The molecule has 0 radical (unpaired) electrons. The van der Waals surface area contributed by atoms with Gasteiger partial charge in [0.2, 0.25) is 0 Å². The molecule has 0 fully saturated rings. The van der Waals surface area contributed by atoms with Gasteiger partial charge in [0.1, 0.15) is 5.82 Å². The van der Waals surface area contributed by atoms with E-state index in [4.69, 9.17) is 5.73 Å². The molecule has 0 spiro atoms. The summed E-state index contributed by atoms with van der Waals surface area (Å²) in [5, 5.41) is 0. The van der Waals surface area contributed by atoms with Crippen LogP contribution >= 0.6 is 0 Å². The summed E-state index contributed by atoms with van der Waals surface area (Å²) in [6.07, 6.45) is 1.49. The van der Waals surface area contributed by atoms with Gasteiger partial charge in [-0.15, -0.1) is 0 Å². The van der Waals surface area contributed by atoms with Gasteiger partial charge in [-0.1, -0.05) is 43.7 Å². The Morgan fingerprint density at radius 3 is 2.41 bits per heavy atom. The fourth-order valence-electron chi connectivity index (χ4n) is 3.66. The first-order valence-corrected chi connectivity index (χ1v) is 12.7. The Hall–Kier alpha value is -3.66. The Bertz CT molecular complexity index is 1390. The minimum Gasteiger partial charge on any atom is -0.383 e. The average Bonchev–Trinajstić information content (AvgIpc) is 2.81. The molecule has 2 aromatic carbocycles. The van der Waals surface area contributed by atoms with Crippen LogP contribution in [0.5, 0.6) is 0 Å². The summed E-state index contributed by atoms with van der Waals surface area (Å²) in [4.78, 5) is 41.8. The SMILES string of the molecule is CCCCn1c(N)c(N(CC)C(=O)c2cccc(CS(=O)(=O)c3ccccc3)c2)c(=O)[nH]c1=O. The largest absolute Gasteiger partial charge is 0.383 e. The van der Waals surface area contributed by atoms with E-state index in [2.05, 4.69) is 4.98 Å². The smallest absolute Gasteiger partial charge is 0.330 e. The average molecular weight is 485 g/mol. The lowest BCUT2D eigenvalue weighted by Gasteiger charge is -2.23. The third-order valence-corrected chi connectivity index (χ3v) is 7.12. The fraction of sp³-hybridized carbons (Fsp3) is 0.292. The van der Waals surface area contributed by atoms with Crippen molar-refractivity contribution in [2.75, 3.05) is 17.2 Å². The van der Waals surface area contributed by atoms with Crippen LogP contribution in [0.25, 0.3) is 0 Å². The van der Waals surface area contributed by atoms with Crippen molar-refractivity contribution in [2.24, 2.45) is 0 Å². The normalized spacial score (nSPS) is 11.4. The second kappa shape index (κ2) is 10.5. The second-order valence-corrected chi connectivity index (χ2v) is 9.81. The molecule has 0 aliphatic rings. The molecule has 34 heavy (non-hydrogen) atoms. The summed E-state index contributed by atoms with van der Waals surface area (Å²) in [5.74, 6) is -0.894. The number of aromatic amines is 1. The van der Waals surface area contributed by atoms with E-state index in [-0.39, 0.29) is 34.3 Å². The van der Waals surface area contributed by atoms with Crippen molar-refractivity contribution >= 4 is 27.2 Å². The first-order chi connectivity index (χ1) is 16.2. The molecule has 10 heteroatoms. The standard InChI is InChI=1S/C24H28N4O5S/c1-3-5-14-28-21(25)20(22(29)26-24(28)31)27(4-2)23(30)18-11-9-10-17(15-18)16-34(32,33)19-12-7-6-8-13-19/h6-13,15H,3-5,14,16,25H2,1-2H3,(H,26,29,31). The van der Waals surface area contributed by atoms with Crippen molar-refractivity contribution in [1.82, 2.24) is 9.55 Å². The van der Waals surface area contributed by atoms with Crippen LogP contribution in [0.2, 0.25) is 0 Å². The van der Waals surface area contributed by atoms with Crippen LogP contribution in [0, 0.1) is 0 Å². The number of carbonyl (C=O) groups excluding carboxylic acids is 1. The maximum Gasteiger partial charge on any atom is 0.330 e. The van der Waals surface area contributed by atoms with E-state index >= 15 is 0 Å². The molecule has 0 bridgehead atoms. The molecule has 0 saturated heterocycles. The number of hydrogen-bond acceptors (Lipinski definition) is 6. The maximum absolute atomic E-state index is 13.4. The summed E-state index contributed by atoms with van der Waals surface area (Å²) in [5.41, 5.74) is 5.31. The number of carbonyl (C=O) groups is 1. The summed E-state index contributed by atoms with van der Waals surface area (Å²) in [7, 11) is -3.60. The number of amides is 1. The van der Waals surface area contributed by atoms with Gasteiger partial charge in [-0.2, -0.15) is 0 Å². The molecule has 0 saturated carbocycles. The number of nitrogen functional groups attached to an aromatic ring is 1. The van der Waals surface area contributed by atoms with Gasteiger partial charge in [-0.05, 0) is 43.2 Å². The number of unbranched alkanes of at least 4 members (excludes halogenated alkanes) is 1.